The molecule has 0 fully saturated rings. The van der Waals surface area contributed by atoms with Gasteiger partial charge in [0.05, 0.1) is 12.6 Å². The van der Waals surface area contributed by atoms with E-state index in [1.807, 2.05) is 30.3 Å². The van der Waals surface area contributed by atoms with Gasteiger partial charge in [0.1, 0.15) is 6.61 Å². The number of benzene rings is 2. The number of carbonyl (C=O) groups is 1. The van der Waals surface area contributed by atoms with Crippen LogP contribution in [0.2, 0.25) is 0 Å². The van der Waals surface area contributed by atoms with Crippen LogP contribution >= 0.6 is 0 Å². The number of hydrogen-bond donors (Lipinski definition) is 2. The molecule has 0 aromatic heterocycles. The van der Waals surface area contributed by atoms with E-state index in [0.717, 1.165) is 5.56 Å². The minimum absolute atomic E-state index is 0.196. The maximum absolute atomic E-state index is 12.1. The third-order valence-corrected chi connectivity index (χ3v) is 3.61. The lowest BCUT2D eigenvalue weighted by atomic mass is 10.1. The number of phenolic OH excluding ortho intramolecular Hbond substituents is 2. The van der Waals surface area contributed by atoms with Crippen LogP contribution in [0.5, 0.6) is 11.5 Å². The van der Waals surface area contributed by atoms with Crippen LogP contribution in [0.25, 0.3) is 0 Å². The summed E-state index contributed by atoms with van der Waals surface area (Å²) in [5.41, 5.74) is 1.56. The maximum Gasteiger partial charge on any atom is 0.409 e. The quantitative estimate of drug-likeness (QED) is 0.795. The first-order chi connectivity index (χ1) is 11.5. The highest BCUT2D eigenvalue weighted by Crippen LogP contribution is 2.29. The smallest absolute Gasteiger partial charge is 0.409 e. The van der Waals surface area contributed by atoms with E-state index in [0.29, 0.717) is 5.56 Å². The fourth-order valence-electron chi connectivity index (χ4n) is 2.21. The third kappa shape index (κ3) is 4.63. The molecule has 1 amide bonds. The summed E-state index contributed by atoms with van der Waals surface area (Å²) in [6.07, 6.45) is -0.922. The van der Waals surface area contributed by atoms with Gasteiger partial charge < -0.3 is 24.6 Å². The van der Waals surface area contributed by atoms with Gasteiger partial charge in [0, 0.05) is 14.2 Å². The molecule has 0 heterocycles. The van der Waals surface area contributed by atoms with E-state index in [4.69, 9.17) is 9.47 Å². The van der Waals surface area contributed by atoms with Gasteiger partial charge in [-0.05, 0) is 23.3 Å². The van der Waals surface area contributed by atoms with E-state index in [2.05, 4.69) is 0 Å². The number of rotatable bonds is 6. The van der Waals surface area contributed by atoms with Crippen LogP contribution in [-0.4, -0.2) is 41.9 Å². The van der Waals surface area contributed by atoms with Crippen molar-refractivity contribution in [1.82, 2.24) is 4.90 Å². The number of methoxy groups -OCH3 is 1. The van der Waals surface area contributed by atoms with Crippen LogP contribution in [-0.2, 0) is 16.1 Å². The summed E-state index contributed by atoms with van der Waals surface area (Å²) in [5.74, 6) is -0.437. The zero-order valence-electron chi connectivity index (χ0n) is 13.7. The maximum atomic E-state index is 12.1. The molecule has 6 heteroatoms. The highest BCUT2D eigenvalue weighted by atomic mass is 16.6. The predicted octanol–water partition coefficient (Wildman–Crippen LogP) is 3.05. The number of likely N-dealkylation sites (N-methyl/N-ethyl adjacent to an activating group) is 1. The van der Waals surface area contributed by atoms with Gasteiger partial charge in [-0.2, -0.15) is 0 Å². The molecule has 0 aliphatic rings. The lowest BCUT2D eigenvalue weighted by Gasteiger charge is -2.23. The molecule has 0 saturated carbocycles. The van der Waals surface area contributed by atoms with Crippen molar-refractivity contribution in [3.05, 3.63) is 59.7 Å². The number of carbonyl (C=O) groups excluding carboxylic acids is 1. The second kappa shape index (κ2) is 8.21. The first kappa shape index (κ1) is 17.6. The SMILES string of the molecule is COC(CN(C)C(=O)OCc1ccccc1)c1ccc(O)c(O)c1. The summed E-state index contributed by atoms with van der Waals surface area (Å²) in [6.45, 7) is 0.440. The van der Waals surface area contributed by atoms with Crippen molar-refractivity contribution in [3.63, 3.8) is 0 Å². The van der Waals surface area contributed by atoms with Crippen molar-refractivity contribution in [2.24, 2.45) is 0 Å². The van der Waals surface area contributed by atoms with Crippen LogP contribution < -0.4 is 0 Å². The lowest BCUT2D eigenvalue weighted by Crippen LogP contribution is -2.32. The Hall–Kier alpha value is -2.73. The van der Waals surface area contributed by atoms with E-state index in [9.17, 15) is 15.0 Å². The summed E-state index contributed by atoms with van der Waals surface area (Å²) in [6, 6.07) is 13.8. The second-order valence-electron chi connectivity index (χ2n) is 5.39. The van der Waals surface area contributed by atoms with Gasteiger partial charge in [-0.25, -0.2) is 4.79 Å². The van der Waals surface area contributed by atoms with E-state index < -0.39 is 12.2 Å². The van der Waals surface area contributed by atoms with Gasteiger partial charge in [-0.1, -0.05) is 36.4 Å². The standard InChI is InChI=1S/C18H21NO5/c1-19(18(22)24-12-13-6-4-3-5-7-13)11-17(23-2)14-8-9-15(20)16(21)10-14/h3-10,17,20-21H,11-12H2,1-2H3. The van der Waals surface area contributed by atoms with Crippen LogP contribution in [0.1, 0.15) is 17.2 Å². The molecular formula is C18H21NO5. The Balaban J connectivity index is 1.94. The predicted molar refractivity (Wildman–Crippen MR) is 88.8 cm³/mol. The number of phenols is 2. The van der Waals surface area contributed by atoms with Crippen molar-refractivity contribution in [2.45, 2.75) is 12.7 Å². The first-order valence-corrected chi connectivity index (χ1v) is 7.47. The minimum atomic E-state index is -0.469. The molecule has 0 aliphatic heterocycles. The molecule has 2 N–H and O–H groups in total. The molecule has 0 aliphatic carbocycles. The molecule has 1 atom stereocenters. The third-order valence-electron chi connectivity index (χ3n) is 3.61. The second-order valence-corrected chi connectivity index (χ2v) is 5.39. The van der Waals surface area contributed by atoms with Crippen LogP contribution in [0, 0.1) is 0 Å². The molecule has 0 saturated heterocycles. The molecule has 2 aromatic carbocycles. The van der Waals surface area contributed by atoms with Gasteiger partial charge in [0.15, 0.2) is 11.5 Å². The van der Waals surface area contributed by atoms with Crippen molar-refractivity contribution < 1.29 is 24.5 Å². The zero-order valence-corrected chi connectivity index (χ0v) is 13.7. The Bertz CT molecular complexity index is 674. The number of nitrogens with zero attached hydrogens (tertiary/aromatic N) is 1. The van der Waals surface area contributed by atoms with Crippen molar-refractivity contribution >= 4 is 6.09 Å². The van der Waals surface area contributed by atoms with Crippen molar-refractivity contribution in [3.8, 4) is 11.5 Å². The summed E-state index contributed by atoms with van der Waals surface area (Å²) in [5, 5.41) is 19.0. The number of ether oxygens (including phenoxy) is 2. The molecule has 6 nitrogen and oxygen atoms in total. The Morgan fingerprint density at radius 1 is 1.12 bits per heavy atom. The summed E-state index contributed by atoms with van der Waals surface area (Å²) >= 11 is 0. The molecule has 24 heavy (non-hydrogen) atoms. The average molecular weight is 331 g/mol. The largest absolute Gasteiger partial charge is 0.504 e. The van der Waals surface area contributed by atoms with Gasteiger partial charge in [-0.15, -0.1) is 0 Å². The molecule has 2 aromatic rings. The molecule has 0 bridgehead atoms. The fraction of sp³-hybridized carbons (Fsp3) is 0.278. The Morgan fingerprint density at radius 2 is 1.83 bits per heavy atom. The van der Waals surface area contributed by atoms with Gasteiger partial charge in [0.25, 0.3) is 0 Å². The Labute approximate surface area is 140 Å². The number of hydrogen-bond acceptors (Lipinski definition) is 5. The molecular weight excluding hydrogens is 310 g/mol. The van der Waals surface area contributed by atoms with E-state index in [1.165, 1.54) is 24.1 Å². The normalized spacial score (nSPS) is 11.8. The Morgan fingerprint density at radius 3 is 2.46 bits per heavy atom. The molecule has 128 valence electrons. The highest BCUT2D eigenvalue weighted by molar-refractivity contribution is 5.67. The molecule has 0 radical (unpaired) electrons. The van der Waals surface area contributed by atoms with Gasteiger partial charge >= 0.3 is 6.09 Å². The highest BCUT2D eigenvalue weighted by Gasteiger charge is 2.19. The van der Waals surface area contributed by atoms with Crippen LogP contribution in [0.4, 0.5) is 4.79 Å². The van der Waals surface area contributed by atoms with Gasteiger partial charge in [0.2, 0.25) is 0 Å². The van der Waals surface area contributed by atoms with Crippen molar-refractivity contribution in [2.75, 3.05) is 20.7 Å². The fourth-order valence-corrected chi connectivity index (χ4v) is 2.21. The van der Waals surface area contributed by atoms with Crippen LogP contribution in [0.3, 0.4) is 0 Å². The van der Waals surface area contributed by atoms with Gasteiger partial charge in [-0.3, -0.25) is 0 Å². The minimum Gasteiger partial charge on any atom is -0.504 e. The number of amides is 1. The summed E-state index contributed by atoms with van der Waals surface area (Å²) < 4.78 is 10.6. The average Bonchev–Trinajstić information content (AvgIpc) is 2.60. The monoisotopic (exact) mass is 331 g/mol. The van der Waals surface area contributed by atoms with E-state index in [-0.39, 0.29) is 24.7 Å². The van der Waals surface area contributed by atoms with E-state index >= 15 is 0 Å². The lowest BCUT2D eigenvalue weighted by molar-refractivity contribution is 0.0548. The summed E-state index contributed by atoms with van der Waals surface area (Å²) in [7, 11) is 3.12. The van der Waals surface area contributed by atoms with Crippen LogP contribution in [0.15, 0.2) is 48.5 Å². The molecule has 1 unspecified atom stereocenters. The number of aromatic hydroxyl groups is 2. The Kier molecular flexibility index (Phi) is 6.03. The van der Waals surface area contributed by atoms with E-state index in [1.54, 1.807) is 13.1 Å². The summed E-state index contributed by atoms with van der Waals surface area (Å²) in [4.78, 5) is 13.5. The zero-order chi connectivity index (χ0) is 17.5. The van der Waals surface area contributed by atoms with Crippen molar-refractivity contribution in [1.29, 1.82) is 0 Å². The topological polar surface area (TPSA) is 79.2 Å². The molecule has 0 spiro atoms. The molecule has 2 rings (SSSR count). The first-order valence-electron chi connectivity index (χ1n) is 7.47.